The molecule has 0 aliphatic heterocycles. The molecule has 0 atom stereocenters. The molecule has 166 valence electrons. The van der Waals surface area contributed by atoms with Crippen molar-refractivity contribution >= 4 is 17.7 Å². The zero-order chi connectivity index (χ0) is 23.0. The monoisotopic (exact) mass is 457 g/mol. The average molecular weight is 458 g/mol. The minimum atomic E-state index is -0.146. The number of aromatic nitrogens is 2. The fourth-order valence-electron chi connectivity index (χ4n) is 3.19. The molecule has 0 aliphatic rings. The topological polar surface area (TPSA) is 73.3 Å². The van der Waals surface area contributed by atoms with Gasteiger partial charge in [0.25, 0.3) is 5.91 Å². The summed E-state index contributed by atoms with van der Waals surface area (Å²) in [6.45, 7) is 0.462. The lowest BCUT2D eigenvalue weighted by molar-refractivity contribution is 0.0951. The van der Waals surface area contributed by atoms with Gasteiger partial charge in [0.1, 0.15) is 17.8 Å². The van der Waals surface area contributed by atoms with Crippen molar-refractivity contribution in [3.05, 3.63) is 96.3 Å². The molecule has 1 heterocycles. The summed E-state index contributed by atoms with van der Waals surface area (Å²) in [5, 5.41) is 2.97. The highest BCUT2D eigenvalue weighted by Crippen LogP contribution is 2.26. The summed E-state index contributed by atoms with van der Waals surface area (Å²) in [6, 6.07) is 24.5. The lowest BCUT2D eigenvalue weighted by Gasteiger charge is -2.09. The first-order valence-corrected chi connectivity index (χ1v) is 11.5. The van der Waals surface area contributed by atoms with Crippen molar-refractivity contribution in [2.75, 3.05) is 13.4 Å². The summed E-state index contributed by atoms with van der Waals surface area (Å²) in [5.41, 5.74) is 3.06. The molecule has 1 amide bonds. The Bertz CT molecular complexity index is 1250. The third kappa shape index (κ3) is 5.90. The Labute approximate surface area is 197 Å². The number of carbonyl (C=O) groups is 1. The molecule has 0 saturated heterocycles. The first-order chi connectivity index (χ1) is 16.1. The molecule has 6 nitrogen and oxygen atoms in total. The standard InChI is InChI=1S/C26H23N3O3S/c1-31-21-7-4-8-22(14-21)32-25-15-24(28-17-29-25)19-5-3-6-20(13-19)26(30)27-16-18-9-11-23(33-2)12-10-18/h3-15,17H,16H2,1-2H3,(H,27,30). The van der Waals surface area contributed by atoms with Crippen LogP contribution < -0.4 is 14.8 Å². The van der Waals surface area contributed by atoms with Gasteiger partial charge in [-0.1, -0.05) is 30.3 Å². The van der Waals surface area contributed by atoms with E-state index in [9.17, 15) is 4.79 Å². The lowest BCUT2D eigenvalue weighted by atomic mass is 10.1. The van der Waals surface area contributed by atoms with Crippen LogP contribution in [0.5, 0.6) is 17.4 Å². The van der Waals surface area contributed by atoms with Crippen molar-refractivity contribution in [3.63, 3.8) is 0 Å². The zero-order valence-electron chi connectivity index (χ0n) is 18.3. The van der Waals surface area contributed by atoms with E-state index in [1.54, 1.807) is 37.1 Å². The SMILES string of the molecule is COc1cccc(Oc2cc(-c3cccc(C(=O)NCc4ccc(SC)cc4)c3)ncn2)c1. The molecule has 0 saturated carbocycles. The van der Waals surface area contributed by atoms with Gasteiger partial charge < -0.3 is 14.8 Å². The van der Waals surface area contributed by atoms with Crippen molar-refractivity contribution in [1.82, 2.24) is 15.3 Å². The molecule has 33 heavy (non-hydrogen) atoms. The van der Waals surface area contributed by atoms with E-state index < -0.39 is 0 Å². The Morgan fingerprint density at radius 1 is 0.939 bits per heavy atom. The number of nitrogens with one attached hydrogen (secondary N) is 1. The van der Waals surface area contributed by atoms with Gasteiger partial charge in [0.15, 0.2) is 0 Å². The van der Waals surface area contributed by atoms with Crippen molar-refractivity contribution in [1.29, 1.82) is 0 Å². The van der Waals surface area contributed by atoms with E-state index in [1.165, 1.54) is 11.2 Å². The maximum absolute atomic E-state index is 12.7. The van der Waals surface area contributed by atoms with E-state index >= 15 is 0 Å². The first kappa shape index (κ1) is 22.4. The molecule has 0 fully saturated rings. The number of ether oxygens (including phenoxy) is 2. The van der Waals surface area contributed by atoms with Crippen molar-refractivity contribution in [2.45, 2.75) is 11.4 Å². The average Bonchev–Trinajstić information content (AvgIpc) is 2.88. The van der Waals surface area contributed by atoms with Gasteiger partial charge in [0, 0.05) is 34.7 Å². The van der Waals surface area contributed by atoms with Gasteiger partial charge in [-0.25, -0.2) is 9.97 Å². The highest BCUT2D eigenvalue weighted by molar-refractivity contribution is 7.98. The van der Waals surface area contributed by atoms with E-state index in [0.717, 1.165) is 11.1 Å². The van der Waals surface area contributed by atoms with Crippen molar-refractivity contribution in [2.24, 2.45) is 0 Å². The number of thioether (sulfide) groups is 1. The molecule has 0 bridgehead atoms. The number of benzene rings is 3. The second-order valence-corrected chi connectivity index (χ2v) is 8.01. The van der Waals surface area contributed by atoms with Crippen LogP contribution in [0.15, 0.2) is 90.1 Å². The molecule has 4 rings (SSSR count). The molecular formula is C26H23N3O3S. The normalized spacial score (nSPS) is 10.5. The molecule has 7 heteroatoms. The highest BCUT2D eigenvalue weighted by Gasteiger charge is 2.10. The second-order valence-electron chi connectivity index (χ2n) is 7.13. The molecule has 0 unspecified atom stereocenters. The van der Waals surface area contributed by atoms with Crippen LogP contribution in [0.2, 0.25) is 0 Å². The Balaban J connectivity index is 1.46. The van der Waals surface area contributed by atoms with Crippen molar-refractivity contribution in [3.8, 4) is 28.6 Å². The quantitative estimate of drug-likeness (QED) is 0.347. The van der Waals surface area contributed by atoms with Crippen LogP contribution in [0.25, 0.3) is 11.3 Å². The van der Waals surface area contributed by atoms with E-state index in [1.807, 2.05) is 66.9 Å². The smallest absolute Gasteiger partial charge is 0.251 e. The van der Waals surface area contributed by atoms with Gasteiger partial charge in [-0.2, -0.15) is 0 Å². The van der Waals surface area contributed by atoms with E-state index in [-0.39, 0.29) is 5.91 Å². The molecule has 0 radical (unpaired) electrons. The van der Waals surface area contributed by atoms with E-state index in [0.29, 0.717) is 35.2 Å². The Morgan fingerprint density at radius 2 is 1.73 bits per heavy atom. The minimum absolute atomic E-state index is 0.146. The number of carbonyl (C=O) groups excluding carboxylic acids is 1. The number of amides is 1. The summed E-state index contributed by atoms with van der Waals surface area (Å²) in [6.07, 6.45) is 3.48. The number of rotatable bonds is 8. The maximum Gasteiger partial charge on any atom is 0.251 e. The largest absolute Gasteiger partial charge is 0.497 e. The van der Waals surface area contributed by atoms with E-state index in [2.05, 4.69) is 15.3 Å². The second kappa shape index (κ2) is 10.7. The zero-order valence-corrected chi connectivity index (χ0v) is 19.1. The summed E-state index contributed by atoms with van der Waals surface area (Å²) >= 11 is 1.69. The van der Waals surface area contributed by atoms with Crippen LogP contribution in [-0.4, -0.2) is 29.2 Å². The Morgan fingerprint density at radius 3 is 2.52 bits per heavy atom. The van der Waals surface area contributed by atoms with Gasteiger partial charge in [-0.3, -0.25) is 4.79 Å². The Kier molecular flexibility index (Phi) is 7.22. The van der Waals surface area contributed by atoms with Gasteiger partial charge in [-0.15, -0.1) is 11.8 Å². The summed E-state index contributed by atoms with van der Waals surface area (Å²) in [5.74, 6) is 1.56. The molecular weight excluding hydrogens is 434 g/mol. The van der Waals surface area contributed by atoms with Crippen LogP contribution in [0.4, 0.5) is 0 Å². The minimum Gasteiger partial charge on any atom is -0.497 e. The van der Waals surface area contributed by atoms with Crippen LogP contribution in [0.1, 0.15) is 15.9 Å². The molecule has 0 aliphatic carbocycles. The summed E-state index contributed by atoms with van der Waals surface area (Å²) in [4.78, 5) is 22.4. The van der Waals surface area contributed by atoms with Crippen LogP contribution in [0.3, 0.4) is 0 Å². The number of hydrogen-bond donors (Lipinski definition) is 1. The third-order valence-corrected chi connectivity index (χ3v) is 5.68. The predicted octanol–water partition coefficient (Wildman–Crippen LogP) is 5.60. The van der Waals surface area contributed by atoms with Gasteiger partial charge in [0.05, 0.1) is 12.8 Å². The molecule has 4 aromatic rings. The fraction of sp³-hybridized carbons (Fsp3) is 0.115. The maximum atomic E-state index is 12.7. The third-order valence-electron chi connectivity index (χ3n) is 4.94. The predicted molar refractivity (Wildman–Crippen MR) is 130 cm³/mol. The van der Waals surface area contributed by atoms with E-state index in [4.69, 9.17) is 9.47 Å². The molecule has 1 N–H and O–H groups in total. The van der Waals surface area contributed by atoms with Gasteiger partial charge in [0.2, 0.25) is 5.88 Å². The Hall–Kier alpha value is -3.84. The van der Waals surface area contributed by atoms with Gasteiger partial charge in [-0.05, 0) is 48.2 Å². The lowest BCUT2D eigenvalue weighted by Crippen LogP contribution is -2.22. The molecule has 3 aromatic carbocycles. The molecule has 0 spiro atoms. The fourth-order valence-corrected chi connectivity index (χ4v) is 3.59. The number of hydrogen-bond acceptors (Lipinski definition) is 6. The first-order valence-electron chi connectivity index (χ1n) is 10.3. The van der Waals surface area contributed by atoms with Gasteiger partial charge >= 0.3 is 0 Å². The number of methoxy groups -OCH3 is 1. The summed E-state index contributed by atoms with van der Waals surface area (Å²) in [7, 11) is 1.60. The highest BCUT2D eigenvalue weighted by atomic mass is 32.2. The van der Waals surface area contributed by atoms with Crippen LogP contribution >= 0.6 is 11.8 Å². The van der Waals surface area contributed by atoms with Crippen LogP contribution in [0, 0.1) is 0 Å². The molecule has 1 aromatic heterocycles. The number of nitrogens with zero attached hydrogens (tertiary/aromatic N) is 2. The van der Waals surface area contributed by atoms with Crippen LogP contribution in [-0.2, 0) is 6.54 Å². The summed E-state index contributed by atoms with van der Waals surface area (Å²) < 4.78 is 11.1. The van der Waals surface area contributed by atoms with Crippen molar-refractivity contribution < 1.29 is 14.3 Å².